The van der Waals surface area contributed by atoms with Crippen molar-refractivity contribution in [3.63, 3.8) is 0 Å². The number of sulfonamides is 2. The van der Waals surface area contributed by atoms with E-state index in [0.29, 0.717) is 58.2 Å². The second-order valence-corrected chi connectivity index (χ2v) is 24.0. The highest BCUT2D eigenvalue weighted by Gasteiger charge is 2.33. The first-order valence-electron chi connectivity index (χ1n) is 23.2. The summed E-state index contributed by atoms with van der Waals surface area (Å²) in [5.74, 6) is 0. The van der Waals surface area contributed by atoms with E-state index in [4.69, 9.17) is 10.7 Å². The molecule has 19 heteroatoms. The van der Waals surface area contributed by atoms with Gasteiger partial charge in [0.1, 0.15) is 0 Å². The topological polar surface area (TPSA) is 220 Å². The van der Waals surface area contributed by atoms with Crippen LogP contribution in [0.15, 0.2) is 175 Å². The molecule has 4 N–H and O–H groups in total. The molecule has 0 saturated carbocycles. The average Bonchev–Trinajstić information content (AvgIpc) is 4.13. The molecule has 9 aromatic rings. The van der Waals surface area contributed by atoms with Crippen LogP contribution in [0.5, 0.6) is 0 Å². The molecule has 0 radical (unpaired) electrons. The number of nitrogens with one attached hydrogen (secondary N) is 4. The van der Waals surface area contributed by atoms with E-state index < -0.39 is 29.1 Å². The molecule has 0 atom stereocenters. The number of aromatic amines is 3. The van der Waals surface area contributed by atoms with E-state index in [0.717, 1.165) is 40.2 Å². The zero-order valence-electron chi connectivity index (χ0n) is 39.8. The number of anilines is 3. The second-order valence-electron chi connectivity index (χ2n) is 17.8. The van der Waals surface area contributed by atoms with Gasteiger partial charge in [-0.2, -0.15) is 0 Å². The zero-order valence-corrected chi connectivity index (χ0v) is 43.0. The van der Waals surface area contributed by atoms with Crippen molar-refractivity contribution in [2.45, 2.75) is 54.7 Å². The van der Waals surface area contributed by atoms with Gasteiger partial charge in [-0.15, -0.1) is 0 Å². The van der Waals surface area contributed by atoms with Crippen LogP contribution in [0.1, 0.15) is 33.4 Å². The lowest BCUT2D eigenvalue weighted by atomic mass is 10.1. The van der Waals surface area contributed by atoms with Gasteiger partial charge in [0.05, 0.1) is 26.1 Å². The normalized spacial score (nSPS) is 13.7. The Bertz CT molecular complexity index is 4000. The number of fused-ring (bicyclic) bond motifs is 6. The molecule has 0 saturated heterocycles. The summed E-state index contributed by atoms with van der Waals surface area (Å²) < 4.78 is 78.3. The molecular formula is C54H49ClN6O9S3. The maximum atomic E-state index is 13.2. The molecule has 3 aliphatic rings. The van der Waals surface area contributed by atoms with E-state index >= 15 is 0 Å². The first-order valence-corrected chi connectivity index (χ1v) is 28.4. The maximum Gasteiger partial charge on any atom is 0.264 e. The molecule has 374 valence electrons. The number of hydrogen-bond acceptors (Lipinski definition) is 10. The molecule has 6 aromatic carbocycles. The van der Waals surface area contributed by atoms with Gasteiger partial charge in [0.15, 0.2) is 0 Å². The van der Waals surface area contributed by atoms with E-state index in [-0.39, 0.29) is 31.4 Å². The molecule has 0 spiro atoms. The molecular weight excluding hydrogens is 1010 g/mol. The lowest BCUT2D eigenvalue weighted by molar-refractivity contribution is 0.591. The van der Waals surface area contributed by atoms with E-state index in [2.05, 4.69) is 45.4 Å². The number of H-pyrrole nitrogens is 3. The van der Waals surface area contributed by atoms with Crippen LogP contribution in [0, 0.1) is 20.8 Å². The predicted octanol–water partition coefficient (Wildman–Crippen LogP) is 8.59. The molecule has 0 amide bonds. The lowest BCUT2D eigenvalue weighted by Gasteiger charge is -2.21. The fourth-order valence-corrected chi connectivity index (χ4v) is 13.8. The zero-order chi connectivity index (χ0) is 51.8. The summed E-state index contributed by atoms with van der Waals surface area (Å²) in [6, 6.07) is 37.1. The summed E-state index contributed by atoms with van der Waals surface area (Å²) in [6.07, 6.45) is 6.92. The predicted molar refractivity (Wildman–Crippen MR) is 289 cm³/mol. The van der Waals surface area contributed by atoms with Crippen LogP contribution in [-0.4, -0.2) is 59.8 Å². The van der Waals surface area contributed by atoms with Crippen LogP contribution >= 0.6 is 10.7 Å². The third-order valence-electron chi connectivity index (χ3n) is 12.9. The molecule has 73 heavy (non-hydrogen) atoms. The minimum absolute atomic E-state index is 0.0484. The van der Waals surface area contributed by atoms with Crippen molar-refractivity contribution in [3.05, 3.63) is 210 Å². The van der Waals surface area contributed by atoms with Gasteiger partial charge in [0.25, 0.3) is 45.8 Å². The van der Waals surface area contributed by atoms with Crippen LogP contribution in [0.25, 0.3) is 32.3 Å². The highest BCUT2D eigenvalue weighted by molar-refractivity contribution is 8.14. The SMILES string of the molecule is Cc1ccc2c(c1)N(S(=O)(=O)c1cccc3c(=O)[nH]ccc13)CC2.Cc1ccc2c(c1)N(S(=O)(=O)c1cccc3c(=O)[nH]ccc13)CC2.Cc1ccc2c(c1)NCC2.O=c1[nH]ccc2c(S(=O)(=O)Cl)cccc12. The van der Waals surface area contributed by atoms with Gasteiger partial charge in [-0.3, -0.25) is 23.0 Å². The number of hydrogen-bond donors (Lipinski definition) is 4. The number of aromatic nitrogens is 3. The molecule has 0 bridgehead atoms. The number of pyridine rings is 3. The van der Waals surface area contributed by atoms with Crippen molar-refractivity contribution in [3.8, 4) is 0 Å². The summed E-state index contributed by atoms with van der Waals surface area (Å²) in [6.45, 7) is 7.96. The molecule has 0 aliphatic carbocycles. The Kier molecular flexibility index (Phi) is 13.9. The molecule has 12 rings (SSSR count). The smallest absolute Gasteiger partial charge is 0.264 e. The van der Waals surface area contributed by atoms with Crippen LogP contribution in [0.4, 0.5) is 17.1 Å². The molecule has 0 unspecified atom stereocenters. The number of halogens is 1. The Morgan fingerprint density at radius 2 is 0.822 bits per heavy atom. The number of benzene rings is 6. The highest BCUT2D eigenvalue weighted by atomic mass is 35.7. The first-order chi connectivity index (χ1) is 34.8. The van der Waals surface area contributed by atoms with Gasteiger partial charge in [-0.25, -0.2) is 25.3 Å². The Balaban J connectivity index is 0.000000126. The van der Waals surface area contributed by atoms with Crippen LogP contribution < -0.4 is 30.6 Å². The maximum absolute atomic E-state index is 13.2. The van der Waals surface area contributed by atoms with Crippen molar-refractivity contribution in [2.75, 3.05) is 33.6 Å². The Labute approximate surface area is 425 Å². The molecule has 15 nitrogen and oxygen atoms in total. The van der Waals surface area contributed by atoms with E-state index in [9.17, 15) is 39.6 Å². The van der Waals surface area contributed by atoms with Crippen molar-refractivity contribution in [2.24, 2.45) is 0 Å². The minimum Gasteiger partial charge on any atom is -0.384 e. The van der Waals surface area contributed by atoms with Crippen molar-refractivity contribution < 1.29 is 25.3 Å². The fraction of sp³-hybridized carbons (Fsp3) is 0.167. The quantitative estimate of drug-likeness (QED) is 0.120. The fourth-order valence-electron chi connectivity index (χ4n) is 9.30. The number of nitrogens with zero attached hydrogens (tertiary/aromatic N) is 2. The minimum atomic E-state index is -3.83. The van der Waals surface area contributed by atoms with E-state index in [1.54, 1.807) is 54.6 Å². The van der Waals surface area contributed by atoms with E-state index in [1.165, 1.54) is 68.6 Å². The van der Waals surface area contributed by atoms with Crippen molar-refractivity contribution in [1.82, 2.24) is 15.0 Å². The van der Waals surface area contributed by atoms with Crippen LogP contribution in [-0.2, 0) is 48.4 Å². The summed E-state index contributed by atoms with van der Waals surface area (Å²) >= 11 is 0. The van der Waals surface area contributed by atoms with E-state index in [1.807, 2.05) is 50.2 Å². The monoisotopic (exact) mass is 1060 g/mol. The summed E-state index contributed by atoms with van der Waals surface area (Å²) in [5, 5.41) is 5.62. The van der Waals surface area contributed by atoms with Gasteiger partial charge < -0.3 is 20.3 Å². The molecule has 3 aromatic heterocycles. The number of rotatable bonds is 5. The van der Waals surface area contributed by atoms with Gasteiger partial charge in [-0.05, 0) is 146 Å². The van der Waals surface area contributed by atoms with Crippen molar-refractivity contribution in [1.29, 1.82) is 0 Å². The highest BCUT2D eigenvalue weighted by Crippen LogP contribution is 2.37. The summed E-state index contributed by atoms with van der Waals surface area (Å²) in [5.41, 5.74) is 8.78. The van der Waals surface area contributed by atoms with Crippen LogP contribution in [0.3, 0.4) is 0 Å². The molecule has 3 aliphatic heterocycles. The largest absolute Gasteiger partial charge is 0.384 e. The first kappa shape index (κ1) is 50.4. The summed E-state index contributed by atoms with van der Waals surface area (Å²) in [7, 11) is -6.04. The molecule has 6 heterocycles. The Hall–Kier alpha value is -7.51. The summed E-state index contributed by atoms with van der Waals surface area (Å²) in [4.78, 5) is 43.2. The third-order valence-corrected chi connectivity index (χ3v) is 18.0. The Morgan fingerprint density at radius 1 is 0.438 bits per heavy atom. The average molecular weight is 1060 g/mol. The molecule has 0 fully saturated rings. The Morgan fingerprint density at radius 3 is 1.25 bits per heavy atom. The van der Waals surface area contributed by atoms with Gasteiger partial charge in [0, 0.05) is 86.9 Å². The third kappa shape index (κ3) is 10.2. The van der Waals surface area contributed by atoms with Crippen molar-refractivity contribution >= 4 is 89.2 Å². The van der Waals surface area contributed by atoms with Gasteiger partial charge >= 0.3 is 0 Å². The van der Waals surface area contributed by atoms with Gasteiger partial charge in [0.2, 0.25) is 0 Å². The lowest BCUT2D eigenvalue weighted by Crippen LogP contribution is -2.29. The van der Waals surface area contributed by atoms with Gasteiger partial charge in [-0.1, -0.05) is 54.6 Å². The van der Waals surface area contributed by atoms with Crippen LogP contribution in [0.2, 0.25) is 0 Å². The number of aryl methyl sites for hydroxylation is 3. The second kappa shape index (κ2) is 20.2. The standard InChI is InChI=1S/2C18H16N2O3S.C9H6ClNO3S.C9H11N/c2*1-12-5-6-13-8-10-20(16(13)11-12)24(22,23)17-4-2-3-15-14(17)7-9-19-18(15)21;10-15(13,14)8-3-1-2-7-6(8)4-5-11-9(7)12;1-7-2-3-8-4-5-10-9(8)6-7/h2*2-7,9,11H,8,10H2,1H3,(H,19,21);1-5H,(H,11,12);2-3,6,10H,4-5H2,1H3.